The number of amides is 1. The largest absolute Gasteiger partial charge is 0.482 e. The Balaban J connectivity index is 1.98. The molecular weight excluding hydrogens is 310 g/mol. The molecule has 122 valence electrons. The summed E-state index contributed by atoms with van der Waals surface area (Å²) in [5, 5.41) is 3.53. The maximum absolute atomic E-state index is 12.2. The normalized spacial score (nSPS) is 11.8. The van der Waals surface area contributed by atoms with Crippen LogP contribution in [0.2, 0.25) is 5.02 Å². The molecule has 1 amide bonds. The second-order valence-electron chi connectivity index (χ2n) is 5.61. The molecule has 2 aromatic carbocycles. The van der Waals surface area contributed by atoms with Crippen LogP contribution in [0.4, 0.5) is 0 Å². The summed E-state index contributed by atoms with van der Waals surface area (Å²) in [6.07, 6.45) is 0.821. The monoisotopic (exact) mass is 331 g/mol. The number of nitrogens with one attached hydrogen (secondary N) is 1. The zero-order valence-electron chi connectivity index (χ0n) is 13.7. The fraction of sp³-hybridized carbons (Fsp3) is 0.316. The Labute approximate surface area is 142 Å². The third-order valence-corrected chi connectivity index (χ3v) is 4.05. The first kappa shape index (κ1) is 17.4. The maximum Gasteiger partial charge on any atom is 0.258 e. The highest BCUT2D eigenvalue weighted by atomic mass is 35.5. The molecule has 0 fully saturated rings. The van der Waals surface area contributed by atoms with Gasteiger partial charge >= 0.3 is 0 Å². The summed E-state index contributed by atoms with van der Waals surface area (Å²) in [4.78, 5) is 12.2. The van der Waals surface area contributed by atoms with Gasteiger partial charge in [0.15, 0.2) is 6.61 Å². The predicted molar refractivity (Wildman–Crippen MR) is 94.0 cm³/mol. The predicted octanol–water partition coefficient (Wildman–Crippen LogP) is 4.60. The number of benzene rings is 2. The molecule has 2 rings (SSSR count). The Bertz CT molecular complexity index is 685. The molecule has 0 heterocycles. The van der Waals surface area contributed by atoms with Crippen molar-refractivity contribution in [2.75, 3.05) is 6.61 Å². The van der Waals surface area contributed by atoms with Gasteiger partial charge in [-0.1, -0.05) is 54.4 Å². The fourth-order valence-corrected chi connectivity index (χ4v) is 2.75. The number of rotatable bonds is 6. The average molecular weight is 332 g/mol. The maximum atomic E-state index is 12.2. The fourth-order valence-electron chi connectivity index (χ4n) is 2.56. The van der Waals surface area contributed by atoms with Crippen LogP contribution in [0.1, 0.15) is 36.1 Å². The number of carbonyl (C=O) groups excluding carboxylic acids is 1. The number of hydrogen-bond donors (Lipinski definition) is 1. The van der Waals surface area contributed by atoms with E-state index in [2.05, 4.69) is 44.3 Å². The smallest absolute Gasteiger partial charge is 0.258 e. The van der Waals surface area contributed by atoms with Crippen molar-refractivity contribution in [3.05, 3.63) is 64.2 Å². The Morgan fingerprint density at radius 3 is 2.61 bits per heavy atom. The Morgan fingerprint density at radius 2 is 1.96 bits per heavy atom. The van der Waals surface area contributed by atoms with Gasteiger partial charge in [-0.2, -0.15) is 0 Å². The van der Waals surface area contributed by atoms with Gasteiger partial charge in [-0.3, -0.25) is 4.79 Å². The zero-order chi connectivity index (χ0) is 16.8. The van der Waals surface area contributed by atoms with Crippen LogP contribution in [0.25, 0.3) is 0 Å². The lowest BCUT2D eigenvalue weighted by molar-refractivity contribution is -0.123. The molecule has 0 saturated heterocycles. The molecule has 4 heteroatoms. The van der Waals surface area contributed by atoms with Crippen molar-refractivity contribution in [1.29, 1.82) is 0 Å². The van der Waals surface area contributed by atoms with Gasteiger partial charge in [0.1, 0.15) is 5.75 Å². The molecule has 1 N–H and O–H groups in total. The van der Waals surface area contributed by atoms with Crippen LogP contribution in [0.15, 0.2) is 42.5 Å². The van der Waals surface area contributed by atoms with E-state index in [0.29, 0.717) is 10.8 Å². The lowest BCUT2D eigenvalue weighted by Crippen LogP contribution is -2.32. The minimum Gasteiger partial charge on any atom is -0.482 e. The van der Waals surface area contributed by atoms with E-state index < -0.39 is 0 Å². The van der Waals surface area contributed by atoms with Crippen molar-refractivity contribution in [2.45, 2.75) is 33.2 Å². The Morgan fingerprint density at radius 1 is 1.22 bits per heavy atom. The van der Waals surface area contributed by atoms with Crippen molar-refractivity contribution in [3.63, 3.8) is 0 Å². The summed E-state index contributed by atoms with van der Waals surface area (Å²) < 4.78 is 5.49. The first-order valence-electron chi connectivity index (χ1n) is 7.75. The Hall–Kier alpha value is -2.00. The van der Waals surface area contributed by atoms with Gasteiger partial charge in [0.05, 0.1) is 11.1 Å². The third-order valence-electron chi connectivity index (χ3n) is 3.74. The number of para-hydroxylation sites is 1. The van der Waals surface area contributed by atoms with Gasteiger partial charge in [0, 0.05) is 0 Å². The standard InChI is InChI=1S/C19H22ClNO2/c1-4-17(15-10-9-13(2)11-14(15)3)21-19(22)12-23-18-8-6-5-7-16(18)20/h5-11,17H,4,12H2,1-3H3,(H,21,22)/t17-/m0/s1. The molecule has 0 aliphatic carbocycles. The van der Waals surface area contributed by atoms with E-state index in [-0.39, 0.29) is 18.6 Å². The van der Waals surface area contributed by atoms with Gasteiger partial charge in [0.25, 0.3) is 5.91 Å². The molecule has 0 aliphatic rings. The van der Waals surface area contributed by atoms with E-state index in [9.17, 15) is 4.79 Å². The molecule has 1 atom stereocenters. The SMILES string of the molecule is CC[C@H](NC(=O)COc1ccccc1Cl)c1ccc(C)cc1C. The highest BCUT2D eigenvalue weighted by molar-refractivity contribution is 6.32. The van der Waals surface area contributed by atoms with E-state index in [1.54, 1.807) is 12.1 Å². The number of ether oxygens (including phenoxy) is 1. The topological polar surface area (TPSA) is 38.3 Å². The van der Waals surface area contributed by atoms with Crippen LogP contribution in [-0.4, -0.2) is 12.5 Å². The summed E-state index contributed by atoms with van der Waals surface area (Å²) in [7, 11) is 0. The summed E-state index contributed by atoms with van der Waals surface area (Å²) >= 11 is 6.02. The lowest BCUT2D eigenvalue weighted by Gasteiger charge is -2.20. The van der Waals surface area contributed by atoms with E-state index in [1.807, 2.05) is 12.1 Å². The zero-order valence-corrected chi connectivity index (χ0v) is 14.5. The molecule has 23 heavy (non-hydrogen) atoms. The van der Waals surface area contributed by atoms with Crippen molar-refractivity contribution < 1.29 is 9.53 Å². The van der Waals surface area contributed by atoms with Crippen LogP contribution >= 0.6 is 11.6 Å². The highest BCUT2D eigenvalue weighted by Gasteiger charge is 2.15. The van der Waals surface area contributed by atoms with Crippen molar-refractivity contribution in [3.8, 4) is 5.75 Å². The second-order valence-corrected chi connectivity index (χ2v) is 6.01. The average Bonchev–Trinajstić information content (AvgIpc) is 2.52. The van der Waals surface area contributed by atoms with E-state index in [0.717, 1.165) is 12.0 Å². The molecule has 0 radical (unpaired) electrons. The molecule has 2 aromatic rings. The molecular formula is C19H22ClNO2. The van der Waals surface area contributed by atoms with Gasteiger partial charge in [-0.25, -0.2) is 0 Å². The van der Waals surface area contributed by atoms with Crippen molar-refractivity contribution >= 4 is 17.5 Å². The lowest BCUT2D eigenvalue weighted by atomic mass is 9.97. The van der Waals surface area contributed by atoms with Crippen LogP contribution in [0, 0.1) is 13.8 Å². The minimum atomic E-state index is -0.156. The van der Waals surface area contributed by atoms with E-state index >= 15 is 0 Å². The summed E-state index contributed by atoms with van der Waals surface area (Å²) in [5.41, 5.74) is 3.54. The van der Waals surface area contributed by atoms with Crippen LogP contribution in [0.3, 0.4) is 0 Å². The summed E-state index contributed by atoms with van der Waals surface area (Å²) in [6, 6.07) is 13.4. The number of aryl methyl sites for hydroxylation is 2. The quantitative estimate of drug-likeness (QED) is 0.839. The van der Waals surface area contributed by atoms with Crippen molar-refractivity contribution in [1.82, 2.24) is 5.32 Å². The van der Waals surface area contributed by atoms with Crippen LogP contribution in [-0.2, 0) is 4.79 Å². The van der Waals surface area contributed by atoms with Crippen molar-refractivity contribution in [2.24, 2.45) is 0 Å². The van der Waals surface area contributed by atoms with Gasteiger partial charge in [-0.15, -0.1) is 0 Å². The number of hydrogen-bond acceptors (Lipinski definition) is 2. The summed E-state index contributed by atoms with van der Waals surface area (Å²) in [5.74, 6) is 0.362. The van der Waals surface area contributed by atoms with Gasteiger partial charge < -0.3 is 10.1 Å². The molecule has 0 spiro atoms. The number of carbonyl (C=O) groups is 1. The van der Waals surface area contributed by atoms with E-state index in [4.69, 9.17) is 16.3 Å². The first-order valence-corrected chi connectivity index (χ1v) is 8.13. The van der Waals surface area contributed by atoms with Gasteiger partial charge in [-0.05, 0) is 43.5 Å². The molecule has 3 nitrogen and oxygen atoms in total. The second kappa shape index (κ2) is 8.02. The van der Waals surface area contributed by atoms with Crippen LogP contribution < -0.4 is 10.1 Å². The molecule has 0 aromatic heterocycles. The number of halogens is 1. The van der Waals surface area contributed by atoms with E-state index in [1.165, 1.54) is 11.1 Å². The molecule has 0 saturated carbocycles. The minimum absolute atomic E-state index is 0.0158. The Kier molecular flexibility index (Phi) is 6.05. The molecule has 0 aliphatic heterocycles. The van der Waals surface area contributed by atoms with Crippen LogP contribution in [0.5, 0.6) is 5.75 Å². The summed E-state index contributed by atoms with van der Waals surface area (Å²) in [6.45, 7) is 6.13. The third kappa shape index (κ3) is 4.73. The molecule has 0 bridgehead atoms. The highest BCUT2D eigenvalue weighted by Crippen LogP contribution is 2.24. The van der Waals surface area contributed by atoms with Gasteiger partial charge in [0.2, 0.25) is 0 Å². The molecule has 0 unspecified atom stereocenters. The first-order chi connectivity index (χ1) is 11.0.